The van der Waals surface area contributed by atoms with E-state index in [1.807, 2.05) is 66.2 Å². The second kappa shape index (κ2) is 8.12. The summed E-state index contributed by atoms with van der Waals surface area (Å²) in [6.07, 6.45) is -0.142. The van der Waals surface area contributed by atoms with Gasteiger partial charge in [0, 0.05) is 24.7 Å². The Morgan fingerprint density at radius 2 is 1.79 bits per heavy atom. The normalized spacial score (nSPS) is 11.2. The molecular formula is C21H25N5O2. The number of nitrogens with one attached hydrogen (secondary N) is 1. The molecule has 0 aliphatic rings. The number of nitrogens with two attached hydrogens (primary N) is 1. The van der Waals surface area contributed by atoms with Crippen LogP contribution in [0.2, 0.25) is 0 Å². The Morgan fingerprint density at radius 1 is 1.11 bits per heavy atom. The molecule has 0 saturated heterocycles. The zero-order chi connectivity index (χ0) is 20.1. The number of hydrogen-bond acceptors (Lipinski definition) is 5. The lowest BCUT2D eigenvalue weighted by molar-refractivity contribution is 0.158. The average molecular weight is 379 g/mol. The van der Waals surface area contributed by atoms with E-state index in [1.54, 1.807) is 0 Å². The molecule has 0 radical (unpaired) electrons. The first-order valence-corrected chi connectivity index (χ1v) is 9.11. The van der Waals surface area contributed by atoms with Gasteiger partial charge in [0.1, 0.15) is 0 Å². The summed E-state index contributed by atoms with van der Waals surface area (Å²) in [6.45, 7) is 4.42. The summed E-state index contributed by atoms with van der Waals surface area (Å²) in [5, 5.41) is 12.3. The van der Waals surface area contributed by atoms with E-state index in [0.717, 1.165) is 28.5 Å². The van der Waals surface area contributed by atoms with Gasteiger partial charge in [0.15, 0.2) is 11.6 Å². The van der Waals surface area contributed by atoms with Crippen molar-refractivity contribution in [2.24, 2.45) is 12.8 Å². The molecule has 0 atom stereocenters. The highest BCUT2D eigenvalue weighted by molar-refractivity contribution is 5.64. The summed E-state index contributed by atoms with van der Waals surface area (Å²) < 4.78 is 6.78. The molecule has 0 saturated carbocycles. The second-order valence-electron chi connectivity index (χ2n) is 7.14. The fourth-order valence-electron chi connectivity index (χ4n) is 3.15. The number of carbonyl (C=O) groups is 1. The standard InChI is InChI=1S/C21H25N5O2/c1-21(2,23-17-7-5-4-6-8-17)19-25-24-18(26(19)3)16-11-9-15(10-12-16)13-14-28-20(22)27/h4-12,23H,13-14H2,1-3H3,(H2,22,27). The van der Waals surface area contributed by atoms with Crippen LogP contribution in [0.3, 0.4) is 0 Å². The molecule has 1 heterocycles. The molecule has 0 fully saturated rings. The largest absolute Gasteiger partial charge is 0.449 e. The third-order valence-electron chi connectivity index (χ3n) is 4.51. The van der Waals surface area contributed by atoms with Gasteiger partial charge in [0.2, 0.25) is 0 Å². The maximum absolute atomic E-state index is 10.6. The maximum atomic E-state index is 10.6. The van der Waals surface area contributed by atoms with Crippen molar-refractivity contribution >= 4 is 11.8 Å². The second-order valence-corrected chi connectivity index (χ2v) is 7.14. The van der Waals surface area contributed by atoms with Crippen LogP contribution in [-0.4, -0.2) is 27.5 Å². The van der Waals surface area contributed by atoms with Crippen LogP contribution in [0.25, 0.3) is 11.4 Å². The Balaban J connectivity index is 1.76. The van der Waals surface area contributed by atoms with Crippen LogP contribution in [0.1, 0.15) is 25.2 Å². The number of para-hydroxylation sites is 1. The van der Waals surface area contributed by atoms with Crippen LogP contribution in [0.5, 0.6) is 0 Å². The minimum atomic E-state index is -0.755. The molecule has 146 valence electrons. The molecule has 0 spiro atoms. The van der Waals surface area contributed by atoms with Crippen molar-refractivity contribution in [3.8, 4) is 11.4 Å². The van der Waals surface area contributed by atoms with Gasteiger partial charge in [-0.25, -0.2) is 4.79 Å². The number of carbonyl (C=O) groups excluding carboxylic acids is 1. The molecule has 0 bridgehead atoms. The Kier molecular flexibility index (Phi) is 5.63. The summed E-state index contributed by atoms with van der Waals surface area (Å²) in [7, 11) is 1.97. The first kappa shape index (κ1) is 19.4. The summed E-state index contributed by atoms with van der Waals surface area (Å²) in [4.78, 5) is 10.6. The lowest BCUT2D eigenvalue weighted by Crippen LogP contribution is -2.31. The van der Waals surface area contributed by atoms with Crippen LogP contribution in [0.4, 0.5) is 10.5 Å². The van der Waals surface area contributed by atoms with Gasteiger partial charge in [-0.15, -0.1) is 10.2 Å². The molecule has 7 nitrogen and oxygen atoms in total. The van der Waals surface area contributed by atoms with Gasteiger partial charge < -0.3 is 20.4 Å². The molecule has 0 aliphatic carbocycles. The lowest BCUT2D eigenvalue weighted by atomic mass is 10.0. The SMILES string of the molecule is Cn1c(-c2ccc(CCOC(N)=O)cc2)nnc1C(C)(C)Nc1ccccc1. The molecule has 0 unspecified atom stereocenters. The van der Waals surface area contributed by atoms with E-state index < -0.39 is 11.6 Å². The fourth-order valence-corrected chi connectivity index (χ4v) is 3.15. The van der Waals surface area contributed by atoms with E-state index in [4.69, 9.17) is 10.5 Å². The van der Waals surface area contributed by atoms with Gasteiger partial charge >= 0.3 is 6.09 Å². The van der Waals surface area contributed by atoms with E-state index in [9.17, 15) is 4.79 Å². The molecule has 1 amide bonds. The highest BCUT2D eigenvalue weighted by Crippen LogP contribution is 2.27. The topological polar surface area (TPSA) is 95.1 Å². The van der Waals surface area contributed by atoms with Gasteiger partial charge in [0.25, 0.3) is 0 Å². The van der Waals surface area contributed by atoms with E-state index >= 15 is 0 Å². The number of nitrogens with zero attached hydrogens (tertiary/aromatic N) is 3. The van der Waals surface area contributed by atoms with Crippen LogP contribution < -0.4 is 11.1 Å². The smallest absolute Gasteiger partial charge is 0.404 e. The van der Waals surface area contributed by atoms with Crippen molar-refractivity contribution in [2.75, 3.05) is 11.9 Å². The van der Waals surface area contributed by atoms with Gasteiger partial charge in [-0.3, -0.25) is 0 Å². The molecule has 3 aromatic rings. The van der Waals surface area contributed by atoms with Crippen molar-refractivity contribution < 1.29 is 9.53 Å². The number of ether oxygens (including phenoxy) is 1. The minimum absolute atomic E-state index is 0.266. The quantitative estimate of drug-likeness (QED) is 0.655. The van der Waals surface area contributed by atoms with Gasteiger partial charge in [-0.1, -0.05) is 42.5 Å². The first-order valence-electron chi connectivity index (χ1n) is 9.11. The monoisotopic (exact) mass is 379 g/mol. The van der Waals surface area contributed by atoms with Crippen molar-refractivity contribution in [3.63, 3.8) is 0 Å². The number of hydrogen-bond donors (Lipinski definition) is 2. The third kappa shape index (κ3) is 4.49. The summed E-state index contributed by atoms with van der Waals surface area (Å²) >= 11 is 0. The Morgan fingerprint density at radius 3 is 2.43 bits per heavy atom. The van der Waals surface area contributed by atoms with Crippen LogP contribution in [-0.2, 0) is 23.7 Å². The molecule has 28 heavy (non-hydrogen) atoms. The number of amides is 1. The predicted octanol–water partition coefficient (Wildman–Crippen LogP) is 3.47. The van der Waals surface area contributed by atoms with E-state index in [-0.39, 0.29) is 6.61 Å². The van der Waals surface area contributed by atoms with E-state index in [1.165, 1.54) is 0 Å². The lowest BCUT2D eigenvalue weighted by Gasteiger charge is -2.26. The Bertz CT molecular complexity index is 933. The van der Waals surface area contributed by atoms with Gasteiger partial charge in [-0.05, 0) is 31.5 Å². The molecule has 3 N–H and O–H groups in total. The van der Waals surface area contributed by atoms with Gasteiger partial charge in [-0.2, -0.15) is 0 Å². The number of benzene rings is 2. The maximum Gasteiger partial charge on any atom is 0.404 e. The average Bonchev–Trinajstić information content (AvgIpc) is 3.05. The van der Waals surface area contributed by atoms with Crippen molar-refractivity contribution in [1.29, 1.82) is 0 Å². The zero-order valence-electron chi connectivity index (χ0n) is 16.3. The Hall–Kier alpha value is -3.35. The highest BCUT2D eigenvalue weighted by Gasteiger charge is 2.27. The summed E-state index contributed by atoms with van der Waals surface area (Å²) in [6, 6.07) is 18.0. The number of primary amides is 1. The summed E-state index contributed by atoms with van der Waals surface area (Å²) in [5.41, 5.74) is 7.63. The van der Waals surface area contributed by atoms with Crippen LogP contribution in [0.15, 0.2) is 54.6 Å². The van der Waals surface area contributed by atoms with E-state index in [0.29, 0.717) is 6.42 Å². The Labute approximate surface area is 164 Å². The van der Waals surface area contributed by atoms with Crippen molar-refractivity contribution in [2.45, 2.75) is 25.8 Å². The summed E-state index contributed by atoms with van der Waals surface area (Å²) in [5.74, 6) is 1.63. The minimum Gasteiger partial charge on any atom is -0.449 e. The number of anilines is 1. The van der Waals surface area contributed by atoms with Gasteiger partial charge in [0.05, 0.1) is 12.1 Å². The number of aromatic nitrogens is 3. The molecule has 0 aliphatic heterocycles. The molecule has 2 aromatic carbocycles. The number of rotatable bonds is 7. The first-order chi connectivity index (χ1) is 13.4. The molecule has 3 rings (SSSR count). The zero-order valence-corrected chi connectivity index (χ0v) is 16.3. The fraction of sp³-hybridized carbons (Fsp3) is 0.286. The van der Waals surface area contributed by atoms with Crippen LogP contribution >= 0.6 is 0 Å². The van der Waals surface area contributed by atoms with Crippen LogP contribution in [0, 0.1) is 0 Å². The van der Waals surface area contributed by atoms with Crippen molar-refractivity contribution in [3.05, 3.63) is 66.0 Å². The molecule has 7 heteroatoms. The highest BCUT2D eigenvalue weighted by atomic mass is 16.5. The predicted molar refractivity (Wildman–Crippen MR) is 109 cm³/mol. The molecule has 1 aromatic heterocycles. The molecular weight excluding hydrogens is 354 g/mol. The van der Waals surface area contributed by atoms with Crippen molar-refractivity contribution in [1.82, 2.24) is 14.8 Å². The third-order valence-corrected chi connectivity index (χ3v) is 4.51. The van der Waals surface area contributed by atoms with E-state index in [2.05, 4.69) is 29.4 Å².